The maximum atomic E-state index is 12.6. The molecule has 0 aliphatic heterocycles. The number of aliphatic carboxylic acids is 1. The molecule has 10 heteroatoms. The molecule has 29 heavy (non-hydrogen) atoms. The van der Waals surface area contributed by atoms with Crippen molar-refractivity contribution in [3.8, 4) is 0 Å². The maximum Gasteiger partial charge on any atom is 0.330 e. The normalized spacial score (nSPS) is 11.5. The van der Waals surface area contributed by atoms with E-state index in [4.69, 9.17) is 11.6 Å². The van der Waals surface area contributed by atoms with Crippen LogP contribution in [0, 0.1) is 0 Å². The number of carbonyl (C=O) groups is 3. The fourth-order valence-corrected chi connectivity index (χ4v) is 3.20. The smallest absolute Gasteiger partial charge is 0.330 e. The molecule has 0 bridgehead atoms. The van der Waals surface area contributed by atoms with Crippen molar-refractivity contribution < 1.29 is 19.5 Å². The summed E-state index contributed by atoms with van der Waals surface area (Å²) < 4.78 is 0.174. The standard InChI is InChI=1S/C19H14BrClN4O4/c20-13-15(18(27)22-14(19(28)29)10-6-2-1-3-7-10)24-25-16(13)23-17(26)11-8-4-5-9-12(11)21/h1-9,14H,(H,22,27)(H,28,29)(H2,23,24,25,26). The molecule has 0 saturated heterocycles. The summed E-state index contributed by atoms with van der Waals surface area (Å²) in [5, 5.41) is 21.1. The lowest BCUT2D eigenvalue weighted by Crippen LogP contribution is -2.34. The van der Waals surface area contributed by atoms with Gasteiger partial charge >= 0.3 is 5.97 Å². The van der Waals surface area contributed by atoms with Crippen molar-refractivity contribution >= 4 is 51.1 Å². The number of rotatable bonds is 6. The predicted molar refractivity (Wildman–Crippen MR) is 110 cm³/mol. The van der Waals surface area contributed by atoms with Crippen LogP contribution in [-0.4, -0.2) is 33.1 Å². The van der Waals surface area contributed by atoms with E-state index in [-0.39, 0.29) is 26.6 Å². The Hall–Kier alpha value is -3.17. The van der Waals surface area contributed by atoms with Gasteiger partial charge in [-0.15, -0.1) is 0 Å². The van der Waals surface area contributed by atoms with Gasteiger partial charge in [-0.05, 0) is 33.6 Å². The van der Waals surface area contributed by atoms with Crippen molar-refractivity contribution in [1.29, 1.82) is 0 Å². The summed E-state index contributed by atoms with van der Waals surface area (Å²) >= 11 is 9.21. The summed E-state index contributed by atoms with van der Waals surface area (Å²) in [6.45, 7) is 0. The molecule has 0 spiro atoms. The van der Waals surface area contributed by atoms with E-state index in [1.165, 1.54) is 0 Å². The van der Waals surface area contributed by atoms with E-state index in [0.717, 1.165) is 0 Å². The van der Waals surface area contributed by atoms with E-state index in [0.29, 0.717) is 5.56 Å². The zero-order chi connectivity index (χ0) is 21.0. The van der Waals surface area contributed by atoms with Crippen LogP contribution >= 0.6 is 27.5 Å². The predicted octanol–water partition coefficient (Wildman–Crippen LogP) is 3.63. The summed E-state index contributed by atoms with van der Waals surface area (Å²) in [7, 11) is 0. The number of nitrogens with zero attached hydrogens (tertiary/aromatic N) is 1. The van der Waals surface area contributed by atoms with Crippen LogP contribution in [0.2, 0.25) is 5.02 Å². The Labute approximate surface area is 178 Å². The van der Waals surface area contributed by atoms with Gasteiger partial charge in [0.2, 0.25) is 0 Å². The number of carboxylic acids is 1. The second-order valence-electron chi connectivity index (χ2n) is 5.85. The summed E-state index contributed by atoms with van der Waals surface area (Å²) in [6.07, 6.45) is 0. The first kappa shape index (κ1) is 20.6. The van der Waals surface area contributed by atoms with E-state index in [2.05, 4.69) is 36.8 Å². The lowest BCUT2D eigenvalue weighted by atomic mass is 10.1. The second kappa shape index (κ2) is 8.89. The van der Waals surface area contributed by atoms with Gasteiger partial charge in [-0.3, -0.25) is 14.7 Å². The Bertz CT molecular complexity index is 1070. The number of carboxylic acid groups (broad SMARTS) is 1. The second-order valence-corrected chi connectivity index (χ2v) is 7.05. The molecule has 0 saturated carbocycles. The van der Waals surface area contributed by atoms with Crippen LogP contribution in [0.4, 0.5) is 5.82 Å². The topological polar surface area (TPSA) is 124 Å². The van der Waals surface area contributed by atoms with Crippen LogP contribution in [0.25, 0.3) is 0 Å². The molecule has 2 aromatic carbocycles. The van der Waals surface area contributed by atoms with Crippen LogP contribution in [0.5, 0.6) is 0 Å². The Morgan fingerprint density at radius 2 is 1.69 bits per heavy atom. The lowest BCUT2D eigenvalue weighted by Gasteiger charge is -2.14. The highest BCUT2D eigenvalue weighted by Gasteiger charge is 2.26. The van der Waals surface area contributed by atoms with E-state index >= 15 is 0 Å². The molecule has 4 N–H and O–H groups in total. The number of hydrogen-bond acceptors (Lipinski definition) is 4. The van der Waals surface area contributed by atoms with Crippen molar-refractivity contribution in [2.24, 2.45) is 0 Å². The van der Waals surface area contributed by atoms with Gasteiger partial charge in [-0.2, -0.15) is 5.10 Å². The van der Waals surface area contributed by atoms with E-state index in [1.807, 2.05) is 0 Å². The Kier molecular flexibility index (Phi) is 6.30. The number of hydrogen-bond donors (Lipinski definition) is 4. The molecule has 0 radical (unpaired) electrons. The van der Waals surface area contributed by atoms with Gasteiger partial charge in [0.25, 0.3) is 11.8 Å². The minimum atomic E-state index is -1.25. The highest BCUT2D eigenvalue weighted by molar-refractivity contribution is 9.10. The fourth-order valence-electron chi connectivity index (χ4n) is 2.52. The van der Waals surface area contributed by atoms with Gasteiger partial charge in [-0.25, -0.2) is 4.79 Å². The quantitative estimate of drug-likeness (QED) is 0.431. The molecule has 1 aromatic heterocycles. The molecule has 0 aliphatic rings. The van der Waals surface area contributed by atoms with Crippen LogP contribution in [0.1, 0.15) is 32.5 Å². The van der Waals surface area contributed by atoms with Crippen molar-refractivity contribution in [3.63, 3.8) is 0 Å². The average Bonchev–Trinajstić information content (AvgIpc) is 3.07. The molecule has 1 atom stereocenters. The average molecular weight is 478 g/mol. The van der Waals surface area contributed by atoms with E-state index in [9.17, 15) is 19.5 Å². The van der Waals surface area contributed by atoms with E-state index in [1.54, 1.807) is 54.6 Å². The van der Waals surface area contributed by atoms with Crippen LogP contribution in [0.3, 0.4) is 0 Å². The van der Waals surface area contributed by atoms with Gasteiger partial charge in [0.15, 0.2) is 11.9 Å². The summed E-state index contributed by atoms with van der Waals surface area (Å²) in [5.41, 5.74) is 0.614. The molecule has 3 aromatic rings. The zero-order valence-corrected chi connectivity index (χ0v) is 17.0. The number of anilines is 1. The van der Waals surface area contributed by atoms with Gasteiger partial charge in [0.1, 0.15) is 5.69 Å². The van der Waals surface area contributed by atoms with Crippen molar-refractivity contribution in [2.75, 3.05) is 5.32 Å². The number of nitrogens with one attached hydrogen (secondary N) is 3. The number of halogens is 2. The highest BCUT2D eigenvalue weighted by Crippen LogP contribution is 2.26. The van der Waals surface area contributed by atoms with Gasteiger partial charge in [0.05, 0.1) is 15.1 Å². The number of H-pyrrole nitrogens is 1. The highest BCUT2D eigenvalue weighted by atomic mass is 79.9. The third-order valence-electron chi connectivity index (χ3n) is 3.94. The van der Waals surface area contributed by atoms with Crippen LogP contribution in [-0.2, 0) is 4.79 Å². The molecule has 0 aliphatic carbocycles. The lowest BCUT2D eigenvalue weighted by molar-refractivity contribution is -0.139. The third-order valence-corrected chi connectivity index (χ3v) is 5.04. The third kappa shape index (κ3) is 4.64. The van der Waals surface area contributed by atoms with Crippen molar-refractivity contribution in [1.82, 2.24) is 15.5 Å². The first-order chi connectivity index (χ1) is 13.9. The molecule has 2 amide bonds. The van der Waals surface area contributed by atoms with Gasteiger partial charge < -0.3 is 15.7 Å². The first-order valence-corrected chi connectivity index (χ1v) is 9.44. The number of benzene rings is 2. The number of aromatic nitrogens is 2. The fraction of sp³-hybridized carbons (Fsp3) is 0.0526. The zero-order valence-electron chi connectivity index (χ0n) is 14.6. The van der Waals surface area contributed by atoms with Crippen LogP contribution < -0.4 is 10.6 Å². The minimum absolute atomic E-state index is 0.0401. The van der Waals surface area contributed by atoms with E-state index < -0.39 is 23.8 Å². The minimum Gasteiger partial charge on any atom is -0.479 e. The molecule has 8 nitrogen and oxygen atoms in total. The largest absolute Gasteiger partial charge is 0.479 e. The Balaban J connectivity index is 1.78. The molecular weight excluding hydrogens is 464 g/mol. The molecule has 0 fully saturated rings. The maximum absolute atomic E-state index is 12.6. The van der Waals surface area contributed by atoms with Crippen molar-refractivity contribution in [2.45, 2.75) is 6.04 Å². The summed E-state index contributed by atoms with van der Waals surface area (Å²) in [4.78, 5) is 36.5. The summed E-state index contributed by atoms with van der Waals surface area (Å²) in [5.74, 6) is -2.37. The Morgan fingerprint density at radius 3 is 2.34 bits per heavy atom. The SMILES string of the molecule is O=C(Nc1n[nH]c(C(=O)NC(C(=O)O)c2ccccc2)c1Br)c1ccccc1Cl. The molecule has 1 unspecified atom stereocenters. The number of aromatic amines is 1. The first-order valence-electron chi connectivity index (χ1n) is 8.27. The molecule has 148 valence electrons. The van der Waals surface area contributed by atoms with Gasteiger partial charge in [-0.1, -0.05) is 54.1 Å². The molecular formula is C19H14BrClN4O4. The number of carbonyl (C=O) groups excluding carboxylic acids is 2. The Morgan fingerprint density at radius 1 is 1.03 bits per heavy atom. The monoisotopic (exact) mass is 476 g/mol. The van der Waals surface area contributed by atoms with Crippen molar-refractivity contribution in [3.05, 3.63) is 80.9 Å². The van der Waals surface area contributed by atoms with Gasteiger partial charge in [0, 0.05) is 0 Å². The van der Waals surface area contributed by atoms with Crippen LogP contribution in [0.15, 0.2) is 59.1 Å². The summed E-state index contributed by atoms with van der Waals surface area (Å²) in [6, 6.07) is 13.5. The number of amides is 2. The molecule has 1 heterocycles. The molecule has 3 rings (SSSR count).